The summed E-state index contributed by atoms with van der Waals surface area (Å²) in [7, 11) is 0. The van der Waals surface area contributed by atoms with E-state index in [9.17, 15) is 28.8 Å². The van der Waals surface area contributed by atoms with Crippen LogP contribution in [0.2, 0.25) is 0 Å². The molecule has 0 aromatic heterocycles. The molecule has 5 amide bonds. The Labute approximate surface area is 201 Å². The van der Waals surface area contributed by atoms with Crippen LogP contribution in [0.3, 0.4) is 0 Å². The first-order valence-electron chi connectivity index (χ1n) is 11.5. The van der Waals surface area contributed by atoms with Crippen LogP contribution in [-0.2, 0) is 23.9 Å². The molecule has 3 aliphatic heterocycles. The number of esters is 1. The van der Waals surface area contributed by atoms with Gasteiger partial charge in [0.15, 0.2) is 6.73 Å². The van der Waals surface area contributed by atoms with Crippen LogP contribution in [-0.4, -0.2) is 81.4 Å². The molecule has 0 bridgehead atoms. The van der Waals surface area contributed by atoms with Gasteiger partial charge in [0.25, 0.3) is 17.7 Å². The molecule has 2 saturated heterocycles. The fourth-order valence-electron chi connectivity index (χ4n) is 4.46. The van der Waals surface area contributed by atoms with Gasteiger partial charge in [0.2, 0.25) is 5.91 Å². The van der Waals surface area contributed by atoms with Gasteiger partial charge in [-0.2, -0.15) is 0 Å². The maximum atomic E-state index is 13.1. The normalized spacial score (nSPS) is 22.5. The number of imide groups is 2. The Morgan fingerprint density at radius 2 is 1.63 bits per heavy atom. The van der Waals surface area contributed by atoms with Gasteiger partial charge in [-0.1, -0.05) is 12.1 Å². The smallest absolute Gasteiger partial charge is 0.411 e. The molecule has 1 aromatic rings. The number of fused-ring (bicyclic) bond motifs is 1. The van der Waals surface area contributed by atoms with Crippen molar-refractivity contribution in [2.45, 2.75) is 64.1 Å². The Kier molecular flexibility index (Phi) is 6.35. The summed E-state index contributed by atoms with van der Waals surface area (Å²) in [5, 5.41) is 0. The first kappa shape index (κ1) is 24.4. The second-order valence-electron chi connectivity index (χ2n) is 9.66. The maximum absolute atomic E-state index is 13.1. The highest BCUT2D eigenvalue weighted by atomic mass is 16.6. The molecule has 3 heterocycles. The molecule has 0 N–H and O–H groups in total. The molecule has 35 heavy (non-hydrogen) atoms. The lowest BCUT2D eigenvalue weighted by Gasteiger charge is -2.34. The van der Waals surface area contributed by atoms with E-state index in [0.29, 0.717) is 19.4 Å². The van der Waals surface area contributed by atoms with E-state index in [2.05, 4.69) is 0 Å². The molecule has 11 heteroatoms. The minimum absolute atomic E-state index is 0.0113. The number of rotatable bonds is 4. The van der Waals surface area contributed by atoms with Crippen molar-refractivity contribution in [1.82, 2.24) is 14.7 Å². The fourth-order valence-corrected chi connectivity index (χ4v) is 4.46. The second-order valence-corrected chi connectivity index (χ2v) is 9.66. The summed E-state index contributed by atoms with van der Waals surface area (Å²) in [4.78, 5) is 79.2. The van der Waals surface area contributed by atoms with E-state index in [1.54, 1.807) is 32.9 Å². The van der Waals surface area contributed by atoms with Crippen molar-refractivity contribution >= 4 is 35.7 Å². The maximum Gasteiger partial charge on any atom is 0.411 e. The number of likely N-dealkylation sites (tertiary alicyclic amines) is 2. The number of benzene rings is 1. The average molecular weight is 485 g/mol. The Balaban J connectivity index is 1.42. The molecule has 4 rings (SSSR count). The van der Waals surface area contributed by atoms with Crippen molar-refractivity contribution in [2.75, 3.05) is 13.3 Å². The Morgan fingerprint density at radius 1 is 1.00 bits per heavy atom. The van der Waals surface area contributed by atoms with Gasteiger partial charge in [0, 0.05) is 13.0 Å². The summed E-state index contributed by atoms with van der Waals surface area (Å²) in [5.41, 5.74) is -0.341. The van der Waals surface area contributed by atoms with Crippen LogP contribution in [0.5, 0.6) is 0 Å². The lowest BCUT2D eigenvalue weighted by atomic mass is 10.0. The zero-order valence-corrected chi connectivity index (χ0v) is 19.8. The summed E-state index contributed by atoms with van der Waals surface area (Å²) in [6, 6.07) is 4.18. The van der Waals surface area contributed by atoms with E-state index in [4.69, 9.17) is 9.47 Å². The second kappa shape index (κ2) is 9.12. The van der Waals surface area contributed by atoms with Gasteiger partial charge in [-0.3, -0.25) is 29.0 Å². The van der Waals surface area contributed by atoms with Gasteiger partial charge in [-0.25, -0.2) is 14.5 Å². The van der Waals surface area contributed by atoms with Crippen molar-refractivity contribution in [3.63, 3.8) is 0 Å². The number of amides is 5. The van der Waals surface area contributed by atoms with Crippen LogP contribution in [0.1, 0.15) is 67.2 Å². The van der Waals surface area contributed by atoms with Crippen molar-refractivity contribution in [3.8, 4) is 0 Å². The predicted octanol–water partition coefficient (Wildman–Crippen LogP) is 1.70. The number of hydrogen-bond donors (Lipinski definition) is 0. The molecule has 1 aromatic carbocycles. The highest BCUT2D eigenvalue weighted by Gasteiger charge is 2.47. The van der Waals surface area contributed by atoms with E-state index < -0.39 is 60.1 Å². The third-order valence-corrected chi connectivity index (χ3v) is 6.11. The van der Waals surface area contributed by atoms with Crippen molar-refractivity contribution in [2.24, 2.45) is 0 Å². The van der Waals surface area contributed by atoms with Crippen molar-refractivity contribution in [3.05, 3.63) is 35.4 Å². The van der Waals surface area contributed by atoms with Crippen LogP contribution in [0, 0.1) is 0 Å². The third-order valence-electron chi connectivity index (χ3n) is 6.11. The SMILES string of the molecule is CC(C)(C)OC(=O)N1CCC[C@H]1C(=O)OCN1C(=O)CCC(N2C(=O)c3ccccc3C2=O)C1=O. The molecule has 0 aliphatic carbocycles. The summed E-state index contributed by atoms with van der Waals surface area (Å²) < 4.78 is 10.6. The van der Waals surface area contributed by atoms with Crippen molar-refractivity contribution in [1.29, 1.82) is 0 Å². The van der Waals surface area contributed by atoms with E-state index in [0.717, 1.165) is 9.80 Å². The summed E-state index contributed by atoms with van der Waals surface area (Å²) in [6.07, 6.45) is 0.171. The quantitative estimate of drug-likeness (QED) is 0.465. The molecular weight excluding hydrogens is 458 g/mol. The minimum Gasteiger partial charge on any atom is -0.444 e. The lowest BCUT2D eigenvalue weighted by molar-refractivity contribution is -0.166. The van der Waals surface area contributed by atoms with Crippen LogP contribution in [0.15, 0.2) is 24.3 Å². The van der Waals surface area contributed by atoms with Gasteiger partial charge in [0.1, 0.15) is 17.7 Å². The van der Waals surface area contributed by atoms with Crippen LogP contribution >= 0.6 is 0 Å². The van der Waals surface area contributed by atoms with Crippen LogP contribution in [0.25, 0.3) is 0 Å². The van der Waals surface area contributed by atoms with Gasteiger partial charge < -0.3 is 9.47 Å². The number of hydrogen-bond acceptors (Lipinski definition) is 8. The van der Waals surface area contributed by atoms with Crippen LogP contribution in [0.4, 0.5) is 4.79 Å². The highest BCUT2D eigenvalue weighted by Crippen LogP contribution is 2.29. The molecule has 2 atom stereocenters. The number of ether oxygens (including phenoxy) is 2. The number of piperidine rings is 1. The zero-order chi connectivity index (χ0) is 25.5. The van der Waals surface area contributed by atoms with Crippen LogP contribution < -0.4 is 0 Å². The number of carbonyl (C=O) groups excluding carboxylic acids is 6. The zero-order valence-electron chi connectivity index (χ0n) is 19.8. The largest absolute Gasteiger partial charge is 0.444 e. The molecule has 3 aliphatic rings. The molecule has 1 unspecified atom stereocenters. The Bertz CT molecular complexity index is 1070. The summed E-state index contributed by atoms with van der Waals surface area (Å²) >= 11 is 0. The fraction of sp³-hybridized carbons (Fsp3) is 0.500. The molecule has 11 nitrogen and oxygen atoms in total. The number of nitrogens with zero attached hydrogens (tertiary/aromatic N) is 3. The van der Waals surface area contributed by atoms with Gasteiger partial charge in [-0.15, -0.1) is 0 Å². The molecular formula is C24H27N3O8. The first-order chi connectivity index (χ1) is 16.5. The van der Waals surface area contributed by atoms with E-state index in [1.807, 2.05) is 0 Å². The van der Waals surface area contributed by atoms with E-state index in [-0.39, 0.29) is 24.0 Å². The highest BCUT2D eigenvalue weighted by molar-refractivity contribution is 6.23. The van der Waals surface area contributed by atoms with Gasteiger partial charge in [0.05, 0.1) is 11.1 Å². The lowest BCUT2D eigenvalue weighted by Crippen LogP contribution is -2.57. The van der Waals surface area contributed by atoms with Crippen molar-refractivity contribution < 1.29 is 38.2 Å². The Hall–Kier alpha value is -3.76. The van der Waals surface area contributed by atoms with E-state index >= 15 is 0 Å². The molecule has 2 fully saturated rings. The molecule has 0 saturated carbocycles. The van der Waals surface area contributed by atoms with E-state index in [1.165, 1.54) is 17.0 Å². The number of carbonyl (C=O) groups is 6. The molecule has 0 radical (unpaired) electrons. The van der Waals surface area contributed by atoms with Gasteiger partial charge in [-0.05, 0) is 52.2 Å². The monoisotopic (exact) mass is 485 g/mol. The average Bonchev–Trinajstić information content (AvgIpc) is 3.37. The predicted molar refractivity (Wildman–Crippen MR) is 119 cm³/mol. The van der Waals surface area contributed by atoms with Gasteiger partial charge >= 0.3 is 12.1 Å². The third kappa shape index (κ3) is 4.62. The standard InChI is InChI=1S/C24H27N3O8/c1-24(2,3)35-23(33)25-12-6-9-17(25)22(32)34-13-26-18(28)11-10-16(21(26)31)27-19(29)14-7-4-5-8-15(14)20(27)30/h4-5,7-8,16-17H,6,9-13H2,1-3H3/t16?,17-/m0/s1. The minimum atomic E-state index is -1.18. The Morgan fingerprint density at radius 3 is 2.23 bits per heavy atom. The topological polar surface area (TPSA) is 131 Å². The molecule has 0 spiro atoms. The molecule has 186 valence electrons. The first-order valence-corrected chi connectivity index (χ1v) is 11.5. The summed E-state index contributed by atoms with van der Waals surface area (Å²) in [5.74, 6) is -3.34. The summed E-state index contributed by atoms with van der Waals surface area (Å²) in [6.45, 7) is 4.79.